The standard InChI is InChI=1S/C11H13ClO3S/c1-7-8(6-9(12)16-7)11(10(13)14)2-4-15-5-3-11/h6H,2-5H2,1H3,(H,13,14). The molecule has 1 aromatic heterocycles. The van der Waals surface area contributed by atoms with Gasteiger partial charge in [-0.15, -0.1) is 11.3 Å². The maximum Gasteiger partial charge on any atom is 0.314 e. The number of hydrogen-bond acceptors (Lipinski definition) is 3. The molecule has 0 amide bonds. The highest BCUT2D eigenvalue weighted by molar-refractivity contribution is 7.16. The van der Waals surface area contributed by atoms with Gasteiger partial charge in [-0.3, -0.25) is 4.79 Å². The Morgan fingerprint density at radius 1 is 1.56 bits per heavy atom. The summed E-state index contributed by atoms with van der Waals surface area (Å²) in [5.74, 6) is -0.770. The second kappa shape index (κ2) is 4.35. The van der Waals surface area contributed by atoms with E-state index in [9.17, 15) is 9.90 Å². The van der Waals surface area contributed by atoms with Gasteiger partial charge in [0.1, 0.15) is 0 Å². The molecule has 0 atom stereocenters. The van der Waals surface area contributed by atoms with Gasteiger partial charge >= 0.3 is 5.97 Å². The van der Waals surface area contributed by atoms with Crippen LogP contribution >= 0.6 is 22.9 Å². The fraction of sp³-hybridized carbons (Fsp3) is 0.545. The summed E-state index contributed by atoms with van der Waals surface area (Å²) in [4.78, 5) is 12.5. The van der Waals surface area contributed by atoms with Crippen LogP contribution in [0.5, 0.6) is 0 Å². The van der Waals surface area contributed by atoms with Crippen LogP contribution in [0.2, 0.25) is 4.34 Å². The molecule has 0 bridgehead atoms. The third-order valence-corrected chi connectivity index (χ3v) is 4.34. The van der Waals surface area contributed by atoms with Crippen molar-refractivity contribution < 1.29 is 14.6 Å². The van der Waals surface area contributed by atoms with Gasteiger partial charge in [0.15, 0.2) is 0 Å². The van der Waals surface area contributed by atoms with Crippen LogP contribution in [0, 0.1) is 6.92 Å². The van der Waals surface area contributed by atoms with Crippen LogP contribution in [0.4, 0.5) is 0 Å². The SMILES string of the molecule is Cc1sc(Cl)cc1C1(C(=O)O)CCOCC1. The first-order valence-corrected chi connectivity index (χ1v) is 6.33. The van der Waals surface area contributed by atoms with Crippen molar-refractivity contribution in [2.75, 3.05) is 13.2 Å². The molecular formula is C11H13ClO3S. The largest absolute Gasteiger partial charge is 0.481 e. The van der Waals surface area contributed by atoms with Crippen molar-refractivity contribution >= 4 is 28.9 Å². The number of rotatable bonds is 2. The molecule has 16 heavy (non-hydrogen) atoms. The summed E-state index contributed by atoms with van der Waals surface area (Å²) in [5, 5.41) is 9.48. The fourth-order valence-corrected chi connectivity index (χ4v) is 3.53. The van der Waals surface area contributed by atoms with Gasteiger partial charge < -0.3 is 9.84 Å². The average Bonchev–Trinajstić information content (AvgIpc) is 2.59. The Labute approximate surface area is 103 Å². The number of hydrogen-bond donors (Lipinski definition) is 1. The van der Waals surface area contributed by atoms with Gasteiger partial charge in [0, 0.05) is 18.1 Å². The van der Waals surface area contributed by atoms with E-state index in [0.29, 0.717) is 30.4 Å². The molecule has 1 fully saturated rings. The minimum Gasteiger partial charge on any atom is -0.481 e. The van der Waals surface area contributed by atoms with E-state index in [1.54, 1.807) is 6.07 Å². The Morgan fingerprint density at radius 3 is 2.62 bits per heavy atom. The lowest BCUT2D eigenvalue weighted by molar-refractivity contribution is -0.147. The molecule has 0 spiro atoms. The van der Waals surface area contributed by atoms with Gasteiger partial charge in [0.25, 0.3) is 0 Å². The quantitative estimate of drug-likeness (QED) is 0.889. The number of halogens is 1. The van der Waals surface area contributed by atoms with Crippen LogP contribution in [0.3, 0.4) is 0 Å². The van der Waals surface area contributed by atoms with Crippen LogP contribution in [0.1, 0.15) is 23.3 Å². The Kier molecular flexibility index (Phi) is 3.24. The lowest BCUT2D eigenvalue weighted by Gasteiger charge is -2.33. The number of ether oxygens (including phenoxy) is 1. The molecule has 0 unspecified atom stereocenters. The molecule has 2 heterocycles. The van der Waals surface area contributed by atoms with Crippen molar-refractivity contribution in [3.8, 4) is 0 Å². The molecule has 1 aliphatic heterocycles. The van der Waals surface area contributed by atoms with E-state index in [0.717, 1.165) is 10.4 Å². The molecule has 0 aromatic carbocycles. The molecule has 0 radical (unpaired) electrons. The van der Waals surface area contributed by atoms with Gasteiger partial charge in [-0.2, -0.15) is 0 Å². The van der Waals surface area contributed by atoms with Crippen molar-refractivity contribution in [2.24, 2.45) is 0 Å². The number of aliphatic carboxylic acids is 1. The highest BCUT2D eigenvalue weighted by atomic mass is 35.5. The molecule has 88 valence electrons. The summed E-state index contributed by atoms with van der Waals surface area (Å²) >= 11 is 7.39. The van der Waals surface area contributed by atoms with Crippen molar-refractivity contribution in [1.82, 2.24) is 0 Å². The Balaban J connectivity index is 2.46. The highest BCUT2D eigenvalue weighted by Crippen LogP contribution is 2.41. The highest BCUT2D eigenvalue weighted by Gasteiger charge is 2.43. The third-order valence-electron chi connectivity index (χ3n) is 3.16. The molecule has 1 aromatic rings. The zero-order chi connectivity index (χ0) is 11.8. The van der Waals surface area contributed by atoms with Gasteiger partial charge in [0.2, 0.25) is 0 Å². The zero-order valence-corrected chi connectivity index (χ0v) is 10.5. The second-order valence-corrected chi connectivity index (χ2v) is 5.91. The van der Waals surface area contributed by atoms with Crippen LogP contribution in [-0.2, 0) is 14.9 Å². The first-order valence-electron chi connectivity index (χ1n) is 5.14. The number of thiophene rings is 1. The van der Waals surface area contributed by atoms with E-state index in [4.69, 9.17) is 16.3 Å². The van der Waals surface area contributed by atoms with Gasteiger partial charge in [-0.25, -0.2) is 0 Å². The van der Waals surface area contributed by atoms with E-state index < -0.39 is 11.4 Å². The summed E-state index contributed by atoms with van der Waals surface area (Å²) in [5.41, 5.74) is 0.0599. The average molecular weight is 261 g/mol. The molecule has 1 saturated heterocycles. The fourth-order valence-electron chi connectivity index (χ4n) is 2.24. The smallest absolute Gasteiger partial charge is 0.314 e. The van der Waals surface area contributed by atoms with Gasteiger partial charge in [0.05, 0.1) is 9.75 Å². The molecule has 5 heteroatoms. The van der Waals surface area contributed by atoms with E-state index >= 15 is 0 Å². The minimum absolute atomic E-state index is 0.499. The lowest BCUT2D eigenvalue weighted by Crippen LogP contribution is -2.41. The van der Waals surface area contributed by atoms with E-state index in [1.807, 2.05) is 6.92 Å². The normalized spacial score (nSPS) is 19.6. The Bertz CT molecular complexity index is 407. The summed E-state index contributed by atoms with van der Waals surface area (Å²) < 4.78 is 5.90. The zero-order valence-electron chi connectivity index (χ0n) is 8.96. The number of carboxylic acid groups (broad SMARTS) is 1. The van der Waals surface area contributed by atoms with Gasteiger partial charge in [-0.1, -0.05) is 11.6 Å². The summed E-state index contributed by atoms with van der Waals surface area (Å²) in [7, 11) is 0. The van der Waals surface area contributed by atoms with Crippen molar-refractivity contribution in [2.45, 2.75) is 25.2 Å². The first kappa shape index (κ1) is 11.9. The Hall–Kier alpha value is -0.580. The predicted octanol–water partition coefficient (Wildman–Crippen LogP) is 2.84. The monoisotopic (exact) mass is 260 g/mol. The van der Waals surface area contributed by atoms with Crippen molar-refractivity contribution in [1.29, 1.82) is 0 Å². The number of carbonyl (C=O) groups is 1. The van der Waals surface area contributed by atoms with Crippen molar-refractivity contribution in [3.05, 3.63) is 20.8 Å². The van der Waals surface area contributed by atoms with Crippen LogP contribution < -0.4 is 0 Å². The van der Waals surface area contributed by atoms with Crippen LogP contribution in [-0.4, -0.2) is 24.3 Å². The molecule has 0 saturated carbocycles. The first-order chi connectivity index (χ1) is 7.56. The predicted molar refractivity (Wildman–Crippen MR) is 63.4 cm³/mol. The van der Waals surface area contributed by atoms with Crippen molar-refractivity contribution in [3.63, 3.8) is 0 Å². The maximum absolute atomic E-state index is 11.5. The van der Waals surface area contributed by atoms with E-state index in [-0.39, 0.29) is 0 Å². The second-order valence-electron chi connectivity index (χ2n) is 4.02. The minimum atomic E-state index is -0.800. The summed E-state index contributed by atoms with van der Waals surface area (Å²) in [6.45, 7) is 2.92. The van der Waals surface area contributed by atoms with E-state index in [1.165, 1.54) is 11.3 Å². The van der Waals surface area contributed by atoms with Crippen LogP contribution in [0.25, 0.3) is 0 Å². The summed E-state index contributed by atoms with van der Waals surface area (Å²) in [6, 6.07) is 1.79. The van der Waals surface area contributed by atoms with E-state index in [2.05, 4.69) is 0 Å². The third kappa shape index (κ3) is 1.85. The molecule has 1 N–H and O–H groups in total. The Morgan fingerprint density at radius 2 is 2.19 bits per heavy atom. The van der Waals surface area contributed by atoms with Crippen LogP contribution in [0.15, 0.2) is 6.07 Å². The topological polar surface area (TPSA) is 46.5 Å². The van der Waals surface area contributed by atoms with Gasteiger partial charge in [-0.05, 0) is 31.4 Å². The molecule has 3 nitrogen and oxygen atoms in total. The number of aryl methyl sites for hydroxylation is 1. The summed E-state index contributed by atoms with van der Waals surface area (Å²) in [6.07, 6.45) is 1.05. The maximum atomic E-state index is 11.5. The molecular weight excluding hydrogens is 248 g/mol. The molecule has 1 aliphatic rings. The number of carboxylic acids is 1. The lowest BCUT2D eigenvalue weighted by atomic mass is 9.74. The molecule has 0 aliphatic carbocycles. The molecule has 2 rings (SSSR count).